The molecule has 0 aromatic rings. The van der Waals surface area contributed by atoms with Crippen LogP contribution in [0.1, 0.15) is 26.2 Å². The molecule has 1 fully saturated rings. The molecule has 1 atom stereocenters. The summed E-state index contributed by atoms with van der Waals surface area (Å²) >= 11 is 0. The van der Waals surface area contributed by atoms with Gasteiger partial charge in [0, 0.05) is 6.08 Å². The highest BCUT2D eigenvalue weighted by molar-refractivity contribution is 5.15. The van der Waals surface area contributed by atoms with E-state index in [4.69, 9.17) is 10.00 Å². The zero-order valence-corrected chi connectivity index (χ0v) is 6.84. The van der Waals surface area contributed by atoms with Crippen LogP contribution in [0.15, 0.2) is 11.6 Å². The Morgan fingerprint density at radius 2 is 2.64 bits per heavy atom. The van der Waals surface area contributed by atoms with E-state index >= 15 is 0 Å². The summed E-state index contributed by atoms with van der Waals surface area (Å²) in [6, 6.07) is 2.06. The van der Waals surface area contributed by atoms with Crippen molar-refractivity contribution >= 4 is 0 Å². The standard InChI is InChI=1S/C9H13NO/c1-2-9-7-8(3-5-10)4-6-11-9/h3,9H,2,4,6-7H2,1H3. The number of allylic oxidation sites excluding steroid dienone is 1. The molecule has 0 saturated carbocycles. The monoisotopic (exact) mass is 151 g/mol. The van der Waals surface area contributed by atoms with Crippen molar-refractivity contribution in [2.75, 3.05) is 6.61 Å². The first kappa shape index (κ1) is 8.29. The van der Waals surface area contributed by atoms with Gasteiger partial charge < -0.3 is 4.74 Å². The normalized spacial score (nSPS) is 28.4. The average molecular weight is 151 g/mol. The fraction of sp³-hybridized carbons (Fsp3) is 0.667. The highest BCUT2D eigenvalue weighted by Crippen LogP contribution is 2.20. The van der Waals surface area contributed by atoms with Gasteiger partial charge in [0.1, 0.15) is 0 Å². The second-order valence-electron chi connectivity index (χ2n) is 2.79. The van der Waals surface area contributed by atoms with Crippen LogP contribution in [0.2, 0.25) is 0 Å². The van der Waals surface area contributed by atoms with Crippen molar-refractivity contribution in [2.45, 2.75) is 32.3 Å². The third kappa shape index (κ3) is 2.36. The fourth-order valence-corrected chi connectivity index (χ4v) is 1.29. The van der Waals surface area contributed by atoms with Crippen LogP contribution in [0.3, 0.4) is 0 Å². The molecule has 60 valence electrons. The second kappa shape index (κ2) is 4.15. The minimum absolute atomic E-state index is 0.350. The Morgan fingerprint density at radius 3 is 3.27 bits per heavy atom. The van der Waals surface area contributed by atoms with Crippen molar-refractivity contribution in [1.82, 2.24) is 0 Å². The van der Waals surface area contributed by atoms with E-state index in [0.717, 1.165) is 25.9 Å². The van der Waals surface area contributed by atoms with Crippen LogP contribution in [-0.4, -0.2) is 12.7 Å². The molecule has 1 saturated heterocycles. The zero-order chi connectivity index (χ0) is 8.10. The Hall–Kier alpha value is -0.810. The van der Waals surface area contributed by atoms with Crippen LogP contribution >= 0.6 is 0 Å². The van der Waals surface area contributed by atoms with Crippen molar-refractivity contribution in [1.29, 1.82) is 5.26 Å². The van der Waals surface area contributed by atoms with Gasteiger partial charge >= 0.3 is 0 Å². The molecule has 11 heavy (non-hydrogen) atoms. The average Bonchev–Trinajstić information content (AvgIpc) is 2.06. The first-order valence-corrected chi connectivity index (χ1v) is 4.06. The summed E-state index contributed by atoms with van der Waals surface area (Å²) in [5.41, 5.74) is 1.24. The Kier molecular flexibility index (Phi) is 3.13. The van der Waals surface area contributed by atoms with E-state index in [0.29, 0.717) is 6.10 Å². The molecule has 0 bridgehead atoms. The van der Waals surface area contributed by atoms with Gasteiger partial charge in [-0.15, -0.1) is 0 Å². The number of ether oxygens (including phenoxy) is 1. The summed E-state index contributed by atoms with van der Waals surface area (Å²) in [5.74, 6) is 0. The molecule has 1 heterocycles. The highest BCUT2D eigenvalue weighted by Gasteiger charge is 2.14. The van der Waals surface area contributed by atoms with Crippen LogP contribution in [0.4, 0.5) is 0 Å². The molecule has 1 unspecified atom stereocenters. The van der Waals surface area contributed by atoms with Gasteiger partial charge in [0.2, 0.25) is 0 Å². The maximum atomic E-state index is 8.41. The molecule has 1 aliphatic heterocycles. The van der Waals surface area contributed by atoms with Crippen molar-refractivity contribution in [3.05, 3.63) is 11.6 Å². The van der Waals surface area contributed by atoms with Crippen molar-refractivity contribution in [3.8, 4) is 6.07 Å². The van der Waals surface area contributed by atoms with E-state index < -0.39 is 0 Å². The van der Waals surface area contributed by atoms with E-state index in [-0.39, 0.29) is 0 Å². The first-order chi connectivity index (χ1) is 5.36. The molecule has 1 aliphatic rings. The first-order valence-electron chi connectivity index (χ1n) is 4.06. The van der Waals surface area contributed by atoms with Crippen LogP contribution < -0.4 is 0 Å². The number of nitriles is 1. The van der Waals surface area contributed by atoms with Crippen molar-refractivity contribution in [3.63, 3.8) is 0 Å². The van der Waals surface area contributed by atoms with E-state index in [1.165, 1.54) is 5.57 Å². The van der Waals surface area contributed by atoms with Crippen LogP contribution in [0.25, 0.3) is 0 Å². The van der Waals surface area contributed by atoms with E-state index in [2.05, 4.69) is 13.0 Å². The third-order valence-corrected chi connectivity index (χ3v) is 1.99. The Bertz CT molecular complexity index is 190. The lowest BCUT2D eigenvalue weighted by Crippen LogP contribution is -2.19. The largest absolute Gasteiger partial charge is 0.378 e. The molecule has 0 aliphatic carbocycles. The molecule has 0 amide bonds. The van der Waals surface area contributed by atoms with Gasteiger partial charge in [-0.25, -0.2) is 0 Å². The molecule has 0 spiro atoms. The second-order valence-corrected chi connectivity index (χ2v) is 2.79. The van der Waals surface area contributed by atoms with E-state index in [1.54, 1.807) is 6.08 Å². The zero-order valence-electron chi connectivity index (χ0n) is 6.84. The summed E-state index contributed by atoms with van der Waals surface area (Å²) in [6.45, 7) is 2.89. The SMILES string of the molecule is CCC1CC(=CC#N)CCO1. The molecule has 1 rings (SSSR count). The van der Waals surface area contributed by atoms with Crippen molar-refractivity contribution < 1.29 is 4.74 Å². The fourth-order valence-electron chi connectivity index (χ4n) is 1.29. The smallest absolute Gasteiger partial charge is 0.0911 e. The number of hydrogen-bond donors (Lipinski definition) is 0. The Labute approximate surface area is 67.5 Å². The summed E-state index contributed by atoms with van der Waals surface area (Å²) in [5, 5.41) is 8.41. The van der Waals surface area contributed by atoms with Gasteiger partial charge in [-0.1, -0.05) is 12.5 Å². The van der Waals surface area contributed by atoms with Gasteiger partial charge in [-0.3, -0.25) is 0 Å². The molecule has 0 aromatic heterocycles. The summed E-state index contributed by atoms with van der Waals surface area (Å²) in [6.07, 6.45) is 4.94. The highest BCUT2D eigenvalue weighted by atomic mass is 16.5. The molecular formula is C9H13NO. The number of rotatable bonds is 1. The van der Waals surface area contributed by atoms with Gasteiger partial charge in [0.15, 0.2) is 0 Å². The Morgan fingerprint density at radius 1 is 1.82 bits per heavy atom. The molecule has 0 N–H and O–H groups in total. The van der Waals surface area contributed by atoms with Crippen molar-refractivity contribution in [2.24, 2.45) is 0 Å². The van der Waals surface area contributed by atoms with Crippen LogP contribution in [-0.2, 0) is 4.74 Å². The van der Waals surface area contributed by atoms with Gasteiger partial charge in [0.25, 0.3) is 0 Å². The van der Waals surface area contributed by atoms with Crippen LogP contribution in [0.5, 0.6) is 0 Å². The van der Waals surface area contributed by atoms with Gasteiger partial charge in [-0.2, -0.15) is 5.26 Å². The van der Waals surface area contributed by atoms with Gasteiger partial charge in [0.05, 0.1) is 18.8 Å². The molecule has 0 aromatic carbocycles. The minimum Gasteiger partial charge on any atom is -0.378 e. The van der Waals surface area contributed by atoms with E-state index in [9.17, 15) is 0 Å². The summed E-state index contributed by atoms with van der Waals surface area (Å²) in [4.78, 5) is 0. The maximum absolute atomic E-state index is 8.41. The lowest BCUT2D eigenvalue weighted by atomic mass is 10.0. The minimum atomic E-state index is 0.350. The van der Waals surface area contributed by atoms with Gasteiger partial charge in [-0.05, 0) is 19.3 Å². The molecular weight excluding hydrogens is 138 g/mol. The quantitative estimate of drug-likeness (QED) is 0.537. The lowest BCUT2D eigenvalue weighted by Gasteiger charge is -2.23. The molecule has 2 heteroatoms. The molecule has 2 nitrogen and oxygen atoms in total. The predicted octanol–water partition coefficient (Wildman–Crippen LogP) is 2.03. The number of hydrogen-bond acceptors (Lipinski definition) is 2. The summed E-state index contributed by atoms with van der Waals surface area (Å²) < 4.78 is 5.45. The maximum Gasteiger partial charge on any atom is 0.0911 e. The topological polar surface area (TPSA) is 33.0 Å². The number of nitrogens with zero attached hydrogens (tertiary/aromatic N) is 1. The lowest BCUT2D eigenvalue weighted by molar-refractivity contribution is 0.0338. The van der Waals surface area contributed by atoms with E-state index in [1.807, 2.05) is 0 Å². The Balaban J connectivity index is 2.47. The van der Waals surface area contributed by atoms with Crippen LogP contribution in [0, 0.1) is 11.3 Å². The summed E-state index contributed by atoms with van der Waals surface area (Å²) in [7, 11) is 0. The third-order valence-electron chi connectivity index (χ3n) is 1.99. The molecule has 0 radical (unpaired) electrons. The predicted molar refractivity (Wildman–Crippen MR) is 43.0 cm³/mol.